The smallest absolute Gasteiger partial charge is 0.306 e. The monoisotopic (exact) mass is 1110 g/mol. The Morgan fingerprint density at radius 3 is 0.778 bits per heavy atom. The molecule has 0 aromatic rings. The third-order valence-electron chi connectivity index (χ3n) is 12.0. The van der Waals surface area contributed by atoms with Crippen LogP contribution in [0.4, 0.5) is 0 Å². The summed E-state index contributed by atoms with van der Waals surface area (Å²) in [6.07, 6.45) is 104. The van der Waals surface area contributed by atoms with Crippen LogP contribution in [0.2, 0.25) is 0 Å². The molecule has 0 saturated carbocycles. The highest BCUT2D eigenvalue weighted by Gasteiger charge is 2.19. The van der Waals surface area contributed by atoms with Crippen LogP contribution >= 0.6 is 0 Å². The van der Waals surface area contributed by atoms with Crippen LogP contribution in [0.3, 0.4) is 0 Å². The predicted octanol–water partition coefficient (Wildman–Crippen LogP) is 21.8. The molecule has 0 N–H and O–H groups in total. The highest BCUT2D eigenvalue weighted by atomic mass is 16.6. The predicted molar refractivity (Wildman–Crippen MR) is 352 cm³/mol. The Labute approximate surface area is 495 Å². The van der Waals surface area contributed by atoms with Crippen molar-refractivity contribution in [1.29, 1.82) is 0 Å². The fourth-order valence-corrected chi connectivity index (χ4v) is 7.41. The maximum atomic E-state index is 12.9. The Bertz CT molecular complexity index is 2050. The third-order valence-corrected chi connectivity index (χ3v) is 12.0. The highest BCUT2D eigenvalue weighted by Crippen LogP contribution is 2.11. The maximum Gasteiger partial charge on any atom is 0.306 e. The summed E-state index contributed by atoms with van der Waals surface area (Å²) in [6, 6.07) is 0. The second kappa shape index (κ2) is 66.2. The van der Waals surface area contributed by atoms with E-state index in [4.69, 9.17) is 14.2 Å². The Morgan fingerprint density at radius 1 is 0.247 bits per heavy atom. The molecule has 6 heteroatoms. The second-order valence-electron chi connectivity index (χ2n) is 19.5. The summed E-state index contributed by atoms with van der Waals surface area (Å²) < 4.78 is 16.8. The zero-order valence-electron chi connectivity index (χ0n) is 50.9. The van der Waals surface area contributed by atoms with Gasteiger partial charge in [0.05, 0.1) is 0 Å². The van der Waals surface area contributed by atoms with Crippen LogP contribution in [0, 0.1) is 0 Å². The van der Waals surface area contributed by atoms with Crippen LogP contribution in [0.15, 0.2) is 219 Å². The van der Waals surface area contributed by atoms with Crippen LogP contribution in [-0.2, 0) is 28.6 Å². The number of carbonyl (C=O) groups is 3. The summed E-state index contributed by atoms with van der Waals surface area (Å²) in [7, 11) is 0. The second-order valence-corrected chi connectivity index (χ2v) is 19.5. The lowest BCUT2D eigenvalue weighted by atomic mass is 10.1. The number of ether oxygens (including phenoxy) is 3. The van der Waals surface area contributed by atoms with Crippen molar-refractivity contribution in [2.45, 2.75) is 219 Å². The molecular weight excluding hydrogens is 997 g/mol. The van der Waals surface area contributed by atoms with E-state index < -0.39 is 6.10 Å². The normalized spacial score (nSPS) is 13.7. The third kappa shape index (κ3) is 64.4. The summed E-state index contributed by atoms with van der Waals surface area (Å²) in [5.41, 5.74) is 0. The van der Waals surface area contributed by atoms with Gasteiger partial charge in [0.15, 0.2) is 6.10 Å². The molecular formula is C75H110O6. The molecule has 0 aromatic heterocycles. The van der Waals surface area contributed by atoms with Crippen molar-refractivity contribution >= 4 is 17.9 Å². The molecule has 0 spiro atoms. The number of unbranched alkanes of at least 4 members (excludes halogenated alkanes) is 6. The summed E-state index contributed by atoms with van der Waals surface area (Å²) >= 11 is 0. The molecule has 0 fully saturated rings. The lowest BCUT2D eigenvalue weighted by Crippen LogP contribution is -2.30. The van der Waals surface area contributed by atoms with Gasteiger partial charge in [0, 0.05) is 19.3 Å². The SMILES string of the molecule is CC/C=C\C/C=C\C/C=C\C/C=C\C/C=C\C/C=C\CCCCCCC(=O)OCC(COC(=O)CC/C=C\C/C=C\C/C=C\C/C=C\C/C=C\C/C=C\CC)OC(=O)CCCC/C=C\C/C=C\C/C=C\C/C=C\C/C=C\C/C=C\CC. The van der Waals surface area contributed by atoms with Crippen molar-refractivity contribution in [3.05, 3.63) is 219 Å². The van der Waals surface area contributed by atoms with E-state index >= 15 is 0 Å². The molecule has 0 amide bonds. The van der Waals surface area contributed by atoms with Gasteiger partial charge in [0.2, 0.25) is 0 Å². The van der Waals surface area contributed by atoms with Crippen molar-refractivity contribution < 1.29 is 28.6 Å². The van der Waals surface area contributed by atoms with Crippen molar-refractivity contribution in [1.82, 2.24) is 0 Å². The number of esters is 3. The Morgan fingerprint density at radius 2 is 0.469 bits per heavy atom. The molecule has 0 rings (SSSR count). The fourth-order valence-electron chi connectivity index (χ4n) is 7.41. The minimum atomic E-state index is -0.860. The van der Waals surface area contributed by atoms with E-state index in [0.717, 1.165) is 161 Å². The standard InChI is InChI=1S/C75H110O6/c1-4-7-10-13-16-19-22-25-28-31-34-36-37-39-41-44-47-50-53-56-59-62-65-68-74(77)80-71-72(70-79-73(76)67-64-61-58-55-52-49-46-43-40-33-30-27-24-21-18-15-12-9-6-3)81-75(78)69-66-63-60-57-54-51-48-45-42-38-35-32-29-26-23-20-17-14-11-8-5-2/h7-12,16-21,25-30,34-36,38-41,43,45,47-50,52,54,57-58,61,72H,4-6,13-15,22-24,31-33,37,42,44,46,51,53,55-56,59-60,62-71H2,1-3H3/b10-7-,11-8-,12-9-,19-16-,20-17-,21-18-,28-25-,29-26-,30-27-,36-34-,38-35-,41-39-,43-40-,48-45-,50-47-,52-49-,57-54-,61-58-. The molecule has 0 bridgehead atoms. The topological polar surface area (TPSA) is 78.9 Å². The van der Waals surface area contributed by atoms with Gasteiger partial charge in [-0.15, -0.1) is 0 Å². The average Bonchev–Trinajstić information content (AvgIpc) is 3.47. The number of rotatable bonds is 53. The first-order valence-electron chi connectivity index (χ1n) is 31.2. The Balaban J connectivity index is 4.68. The first kappa shape index (κ1) is 74.7. The average molecular weight is 1110 g/mol. The largest absolute Gasteiger partial charge is 0.462 e. The first-order chi connectivity index (χ1) is 40.0. The molecule has 81 heavy (non-hydrogen) atoms. The summed E-state index contributed by atoms with van der Waals surface area (Å²) in [5, 5.41) is 0. The van der Waals surface area contributed by atoms with E-state index in [1.54, 1.807) is 0 Å². The fraction of sp³-hybridized carbons (Fsp3) is 0.480. The van der Waals surface area contributed by atoms with Crippen LogP contribution < -0.4 is 0 Å². The molecule has 0 saturated heterocycles. The van der Waals surface area contributed by atoms with E-state index in [1.165, 1.54) is 0 Å². The van der Waals surface area contributed by atoms with Gasteiger partial charge in [0.1, 0.15) is 13.2 Å². The number of carbonyl (C=O) groups excluding carboxylic acids is 3. The van der Waals surface area contributed by atoms with Gasteiger partial charge >= 0.3 is 17.9 Å². The van der Waals surface area contributed by atoms with Gasteiger partial charge in [-0.05, 0) is 161 Å². The molecule has 0 heterocycles. The lowest BCUT2D eigenvalue weighted by Gasteiger charge is -2.18. The van der Waals surface area contributed by atoms with Crippen LogP contribution in [0.1, 0.15) is 213 Å². The van der Waals surface area contributed by atoms with Crippen molar-refractivity contribution in [3.8, 4) is 0 Å². The molecule has 0 aliphatic rings. The van der Waals surface area contributed by atoms with E-state index in [2.05, 4.69) is 227 Å². The van der Waals surface area contributed by atoms with Gasteiger partial charge < -0.3 is 14.2 Å². The van der Waals surface area contributed by atoms with Crippen LogP contribution in [-0.4, -0.2) is 37.2 Å². The van der Waals surface area contributed by atoms with Crippen LogP contribution in [0.25, 0.3) is 0 Å². The summed E-state index contributed by atoms with van der Waals surface area (Å²) in [4.78, 5) is 38.3. The van der Waals surface area contributed by atoms with E-state index in [-0.39, 0.29) is 44.0 Å². The molecule has 446 valence electrons. The molecule has 1 atom stereocenters. The lowest BCUT2D eigenvalue weighted by molar-refractivity contribution is -0.166. The van der Waals surface area contributed by atoms with Crippen molar-refractivity contribution in [2.24, 2.45) is 0 Å². The Kier molecular flexibility index (Phi) is 61.1. The van der Waals surface area contributed by atoms with Crippen molar-refractivity contribution in [2.75, 3.05) is 13.2 Å². The zero-order valence-corrected chi connectivity index (χ0v) is 50.9. The minimum absolute atomic E-state index is 0.147. The molecule has 1 unspecified atom stereocenters. The number of hydrogen-bond acceptors (Lipinski definition) is 6. The van der Waals surface area contributed by atoms with Gasteiger partial charge in [-0.1, -0.05) is 252 Å². The quantitative estimate of drug-likeness (QED) is 0.0261. The zero-order chi connectivity index (χ0) is 58.5. The number of allylic oxidation sites excluding steroid dienone is 36. The molecule has 0 aliphatic heterocycles. The molecule has 0 aromatic carbocycles. The Hall–Kier alpha value is -6.27. The summed E-state index contributed by atoms with van der Waals surface area (Å²) in [5.74, 6) is -1.12. The number of hydrogen-bond donors (Lipinski definition) is 0. The first-order valence-corrected chi connectivity index (χ1v) is 31.2. The molecule has 6 nitrogen and oxygen atoms in total. The summed E-state index contributed by atoms with van der Waals surface area (Å²) in [6.45, 7) is 6.15. The molecule has 0 radical (unpaired) electrons. The van der Waals surface area contributed by atoms with Gasteiger partial charge in [-0.3, -0.25) is 14.4 Å². The van der Waals surface area contributed by atoms with Gasteiger partial charge in [-0.25, -0.2) is 0 Å². The minimum Gasteiger partial charge on any atom is -0.462 e. The highest BCUT2D eigenvalue weighted by molar-refractivity contribution is 5.71. The van der Waals surface area contributed by atoms with E-state index in [1.807, 2.05) is 12.2 Å². The van der Waals surface area contributed by atoms with Crippen LogP contribution in [0.5, 0.6) is 0 Å². The van der Waals surface area contributed by atoms with Crippen molar-refractivity contribution in [3.63, 3.8) is 0 Å². The van der Waals surface area contributed by atoms with E-state index in [0.29, 0.717) is 19.3 Å². The van der Waals surface area contributed by atoms with Gasteiger partial charge in [-0.2, -0.15) is 0 Å². The van der Waals surface area contributed by atoms with Gasteiger partial charge in [0.25, 0.3) is 0 Å². The maximum absolute atomic E-state index is 12.9. The van der Waals surface area contributed by atoms with E-state index in [9.17, 15) is 14.4 Å². The molecule has 0 aliphatic carbocycles.